The third-order valence-electron chi connectivity index (χ3n) is 5.64. The van der Waals surface area contributed by atoms with Crippen LogP contribution in [0.5, 0.6) is 0 Å². The summed E-state index contributed by atoms with van der Waals surface area (Å²) in [6.45, 7) is 1.25. The van der Waals surface area contributed by atoms with Crippen molar-refractivity contribution in [2.75, 3.05) is 25.1 Å². The van der Waals surface area contributed by atoms with Crippen LogP contribution in [0.4, 0.5) is 10.1 Å². The van der Waals surface area contributed by atoms with Gasteiger partial charge in [0, 0.05) is 42.7 Å². The van der Waals surface area contributed by atoms with Crippen LogP contribution in [0.3, 0.4) is 0 Å². The Kier molecular flexibility index (Phi) is 7.07. The average molecular weight is 448 g/mol. The Labute approximate surface area is 191 Å². The summed E-state index contributed by atoms with van der Waals surface area (Å²) >= 11 is 0. The monoisotopic (exact) mass is 448 g/mol. The lowest BCUT2D eigenvalue weighted by Crippen LogP contribution is -2.44. The van der Waals surface area contributed by atoms with Gasteiger partial charge in [0.15, 0.2) is 0 Å². The first kappa shape index (κ1) is 22.6. The highest BCUT2D eigenvalue weighted by Crippen LogP contribution is 2.27. The number of halogens is 1. The molecule has 3 N–H and O–H groups in total. The van der Waals surface area contributed by atoms with E-state index in [9.17, 15) is 14.0 Å². The molecule has 1 aliphatic rings. The van der Waals surface area contributed by atoms with Gasteiger partial charge in [0.25, 0.3) is 5.91 Å². The number of carbonyl (C=O) groups excluding carboxylic acids is 2. The molecule has 2 amide bonds. The van der Waals surface area contributed by atoms with Crippen molar-refractivity contribution in [3.05, 3.63) is 95.6 Å². The third kappa shape index (κ3) is 5.60. The minimum Gasteiger partial charge on any atom is -0.377 e. The summed E-state index contributed by atoms with van der Waals surface area (Å²) in [4.78, 5) is 31.1. The van der Waals surface area contributed by atoms with Crippen LogP contribution in [-0.4, -0.2) is 41.5 Å². The number of morpholine rings is 1. The molecule has 0 bridgehead atoms. The summed E-state index contributed by atoms with van der Waals surface area (Å²) in [5.41, 5.74) is 9.04. The Hall–Kier alpha value is -3.62. The van der Waals surface area contributed by atoms with Crippen LogP contribution in [0.2, 0.25) is 0 Å². The maximum absolute atomic E-state index is 13.3. The molecule has 3 aromatic rings. The number of hydrogen-bond donors (Lipinski definition) is 2. The predicted molar refractivity (Wildman–Crippen MR) is 122 cm³/mol. The van der Waals surface area contributed by atoms with E-state index in [1.807, 2.05) is 0 Å². The van der Waals surface area contributed by atoms with Crippen molar-refractivity contribution >= 4 is 17.5 Å². The highest BCUT2D eigenvalue weighted by molar-refractivity contribution is 6.04. The predicted octanol–water partition coefficient (Wildman–Crippen LogP) is 3.46. The lowest BCUT2D eigenvalue weighted by Gasteiger charge is -2.36. The molecular formula is C25H25FN4O3. The summed E-state index contributed by atoms with van der Waals surface area (Å²) < 4.78 is 18.9. The normalized spacial score (nSPS) is 16.8. The first-order chi connectivity index (χ1) is 16.0. The van der Waals surface area contributed by atoms with Crippen molar-refractivity contribution in [1.82, 2.24) is 9.88 Å². The van der Waals surface area contributed by atoms with Crippen molar-refractivity contribution in [3.8, 4) is 0 Å². The largest absolute Gasteiger partial charge is 0.377 e. The third-order valence-corrected chi connectivity index (χ3v) is 5.64. The quantitative estimate of drug-likeness (QED) is 0.602. The van der Waals surface area contributed by atoms with Gasteiger partial charge in [-0.15, -0.1) is 0 Å². The molecule has 0 aliphatic carbocycles. The van der Waals surface area contributed by atoms with Crippen LogP contribution in [0.25, 0.3) is 0 Å². The number of nitrogens with zero attached hydrogens (tertiary/aromatic N) is 2. The van der Waals surface area contributed by atoms with E-state index in [1.54, 1.807) is 65.8 Å². The van der Waals surface area contributed by atoms with Crippen LogP contribution in [0.1, 0.15) is 40.0 Å². The number of amides is 2. The maximum Gasteiger partial charge on any atom is 0.255 e. The van der Waals surface area contributed by atoms with Gasteiger partial charge in [0.05, 0.1) is 19.3 Å². The van der Waals surface area contributed by atoms with Crippen LogP contribution < -0.4 is 11.1 Å². The first-order valence-electron chi connectivity index (χ1n) is 10.7. The Morgan fingerprint density at radius 3 is 2.48 bits per heavy atom. The Morgan fingerprint density at radius 1 is 1.09 bits per heavy atom. The van der Waals surface area contributed by atoms with Crippen LogP contribution in [0.15, 0.2) is 73.1 Å². The fraction of sp³-hybridized carbons (Fsp3) is 0.240. The summed E-state index contributed by atoms with van der Waals surface area (Å²) in [5.74, 6) is -0.666. The van der Waals surface area contributed by atoms with E-state index in [2.05, 4.69) is 10.3 Å². The lowest BCUT2D eigenvalue weighted by atomic mass is 10.00. The van der Waals surface area contributed by atoms with Crippen molar-refractivity contribution in [2.24, 2.45) is 5.73 Å². The molecule has 170 valence electrons. The Morgan fingerprint density at radius 2 is 1.79 bits per heavy atom. The zero-order valence-electron chi connectivity index (χ0n) is 18.0. The van der Waals surface area contributed by atoms with Crippen LogP contribution >= 0.6 is 0 Å². The molecule has 1 fully saturated rings. The summed E-state index contributed by atoms with van der Waals surface area (Å²) in [5, 5.41) is 2.80. The van der Waals surface area contributed by atoms with Gasteiger partial charge in [0.1, 0.15) is 5.82 Å². The average Bonchev–Trinajstić information content (AvgIpc) is 2.85. The molecule has 1 aliphatic heterocycles. The fourth-order valence-electron chi connectivity index (χ4n) is 3.81. The molecule has 33 heavy (non-hydrogen) atoms. The highest BCUT2D eigenvalue weighted by Gasteiger charge is 2.29. The molecule has 7 nitrogen and oxygen atoms in total. The number of ether oxygens (including phenoxy) is 1. The van der Waals surface area contributed by atoms with E-state index in [0.717, 1.165) is 11.1 Å². The smallest absolute Gasteiger partial charge is 0.255 e. The molecule has 1 saturated heterocycles. The van der Waals surface area contributed by atoms with Crippen molar-refractivity contribution in [3.63, 3.8) is 0 Å². The van der Waals surface area contributed by atoms with E-state index in [-0.39, 0.29) is 30.1 Å². The number of aromatic nitrogens is 1. The van der Waals surface area contributed by atoms with Crippen molar-refractivity contribution in [2.45, 2.75) is 18.5 Å². The molecular weight excluding hydrogens is 423 g/mol. The molecule has 0 spiro atoms. The zero-order valence-corrected chi connectivity index (χ0v) is 18.0. The molecule has 4 rings (SSSR count). The minimum absolute atomic E-state index is 0.0976. The van der Waals surface area contributed by atoms with Crippen LogP contribution in [-0.2, 0) is 9.53 Å². The maximum atomic E-state index is 13.3. The van der Waals surface area contributed by atoms with E-state index in [4.69, 9.17) is 10.5 Å². The summed E-state index contributed by atoms with van der Waals surface area (Å²) in [6, 6.07) is 15.6. The second kappa shape index (κ2) is 10.3. The van der Waals surface area contributed by atoms with E-state index >= 15 is 0 Å². The van der Waals surface area contributed by atoms with Crippen molar-refractivity contribution < 1.29 is 18.7 Å². The SMILES string of the molecule is NC(CC(=O)N1CCOCC1c1ccc(F)cc1)c1ccc(C(=O)Nc2ccncc2)cc1. The number of carbonyl (C=O) groups is 2. The number of pyridine rings is 1. The zero-order chi connectivity index (χ0) is 23.2. The number of hydrogen-bond acceptors (Lipinski definition) is 5. The van der Waals surface area contributed by atoms with E-state index < -0.39 is 6.04 Å². The molecule has 2 unspecified atom stereocenters. The number of nitrogens with one attached hydrogen (secondary N) is 1. The second-order valence-corrected chi connectivity index (χ2v) is 7.85. The first-order valence-corrected chi connectivity index (χ1v) is 10.7. The fourth-order valence-corrected chi connectivity index (χ4v) is 3.81. The highest BCUT2D eigenvalue weighted by atomic mass is 19.1. The van der Waals surface area contributed by atoms with E-state index in [0.29, 0.717) is 31.0 Å². The van der Waals surface area contributed by atoms with Gasteiger partial charge >= 0.3 is 0 Å². The molecule has 2 atom stereocenters. The Balaban J connectivity index is 1.39. The van der Waals surface area contributed by atoms with Gasteiger partial charge in [-0.3, -0.25) is 14.6 Å². The van der Waals surface area contributed by atoms with Gasteiger partial charge in [-0.25, -0.2) is 4.39 Å². The van der Waals surface area contributed by atoms with Crippen molar-refractivity contribution in [1.29, 1.82) is 0 Å². The Bertz CT molecular complexity index is 1090. The van der Waals surface area contributed by atoms with E-state index in [1.165, 1.54) is 12.1 Å². The molecule has 0 radical (unpaired) electrons. The lowest BCUT2D eigenvalue weighted by molar-refractivity contribution is -0.140. The number of benzene rings is 2. The topological polar surface area (TPSA) is 97.5 Å². The number of anilines is 1. The number of nitrogens with two attached hydrogens (primary N) is 1. The summed E-state index contributed by atoms with van der Waals surface area (Å²) in [6.07, 6.45) is 3.31. The van der Waals surface area contributed by atoms with Gasteiger partial charge in [-0.2, -0.15) is 0 Å². The summed E-state index contributed by atoms with van der Waals surface area (Å²) in [7, 11) is 0. The second-order valence-electron chi connectivity index (χ2n) is 7.85. The molecule has 2 heterocycles. The van der Waals surface area contributed by atoms with Gasteiger partial charge in [-0.05, 0) is 47.5 Å². The van der Waals surface area contributed by atoms with Crippen LogP contribution in [0, 0.1) is 5.82 Å². The van der Waals surface area contributed by atoms with Gasteiger partial charge in [0.2, 0.25) is 5.91 Å². The minimum atomic E-state index is -0.522. The van der Waals surface area contributed by atoms with Gasteiger partial charge < -0.3 is 20.7 Å². The molecule has 0 saturated carbocycles. The standard InChI is InChI=1S/C25H25FN4O3/c26-20-7-5-18(6-8-20)23-16-33-14-13-30(23)24(31)15-22(27)17-1-3-19(4-2-17)25(32)29-21-9-11-28-12-10-21/h1-12,22-23H,13-16,27H2,(H,28,29,32). The molecule has 2 aromatic carbocycles. The number of rotatable bonds is 6. The molecule has 8 heteroatoms. The van der Waals surface area contributed by atoms with Gasteiger partial charge in [-0.1, -0.05) is 24.3 Å². The molecule has 1 aromatic heterocycles.